The Balaban J connectivity index is 1.56. The van der Waals surface area contributed by atoms with E-state index in [0.29, 0.717) is 5.02 Å². The minimum Gasteiger partial charge on any atom is -0.507 e. The molecule has 0 fully saturated rings. The summed E-state index contributed by atoms with van der Waals surface area (Å²) in [5, 5.41) is 18.5. The van der Waals surface area contributed by atoms with E-state index in [4.69, 9.17) is 11.6 Å². The van der Waals surface area contributed by atoms with Crippen LogP contribution in [0.3, 0.4) is 0 Å². The molecule has 0 aliphatic carbocycles. The number of halogens is 1. The number of allylic oxidation sites excluding steroid dienone is 1. The molecule has 5 nitrogen and oxygen atoms in total. The molecule has 0 bridgehead atoms. The highest BCUT2D eigenvalue weighted by Gasteiger charge is 2.09. The molecule has 4 rings (SSSR count). The average molecular weight is 376 g/mol. The number of phenolic OH excluding ortho intramolecular Hbond substituents is 1. The molecule has 0 aliphatic rings. The van der Waals surface area contributed by atoms with Gasteiger partial charge in [0.05, 0.1) is 16.8 Å². The summed E-state index contributed by atoms with van der Waals surface area (Å²) in [4.78, 5) is 12.3. The second-order valence-electron chi connectivity index (χ2n) is 5.94. The third-order valence-electron chi connectivity index (χ3n) is 4.14. The van der Waals surface area contributed by atoms with Gasteiger partial charge in [0.2, 0.25) is 0 Å². The van der Waals surface area contributed by atoms with Crippen molar-refractivity contribution in [3.05, 3.63) is 89.0 Å². The van der Waals surface area contributed by atoms with Crippen LogP contribution in [0.25, 0.3) is 22.8 Å². The van der Waals surface area contributed by atoms with Crippen molar-refractivity contribution in [3.63, 3.8) is 0 Å². The van der Waals surface area contributed by atoms with Gasteiger partial charge < -0.3 is 5.11 Å². The lowest BCUT2D eigenvalue weighted by Gasteiger charge is -2.03. The maximum atomic E-state index is 12.3. The van der Waals surface area contributed by atoms with Gasteiger partial charge in [-0.3, -0.25) is 4.79 Å². The molecule has 4 aromatic rings. The standard InChI is InChI=1S/C21H14ClN3O2/c22-15-8-12-21(27)17(13-15)20(26)11-7-14-5-9-16(10-6-14)25-19-4-2-1-3-18(19)23-24-25/h1-13,27H/b11-7+. The van der Waals surface area contributed by atoms with E-state index in [1.165, 1.54) is 24.3 Å². The number of para-hydroxylation sites is 1. The summed E-state index contributed by atoms with van der Waals surface area (Å²) >= 11 is 5.89. The minimum absolute atomic E-state index is 0.0949. The number of fused-ring (bicyclic) bond motifs is 1. The highest BCUT2D eigenvalue weighted by Crippen LogP contribution is 2.23. The lowest BCUT2D eigenvalue weighted by Crippen LogP contribution is -1.96. The van der Waals surface area contributed by atoms with Crippen LogP contribution in [0.5, 0.6) is 5.75 Å². The van der Waals surface area contributed by atoms with E-state index in [2.05, 4.69) is 10.3 Å². The summed E-state index contributed by atoms with van der Waals surface area (Å²) in [5.41, 5.74) is 3.64. The molecule has 1 heterocycles. The number of aromatic hydroxyl groups is 1. The molecule has 0 atom stereocenters. The van der Waals surface area contributed by atoms with Crippen LogP contribution in [0.15, 0.2) is 72.8 Å². The van der Waals surface area contributed by atoms with Gasteiger partial charge in [0.15, 0.2) is 5.78 Å². The van der Waals surface area contributed by atoms with E-state index in [9.17, 15) is 9.90 Å². The third kappa shape index (κ3) is 3.45. The lowest BCUT2D eigenvalue weighted by molar-refractivity contribution is 0.104. The summed E-state index contributed by atoms with van der Waals surface area (Å²) in [6.07, 6.45) is 3.09. The molecular weight excluding hydrogens is 362 g/mol. The van der Waals surface area contributed by atoms with Crippen LogP contribution in [0.2, 0.25) is 5.02 Å². The largest absolute Gasteiger partial charge is 0.507 e. The zero-order valence-corrected chi connectivity index (χ0v) is 14.8. The SMILES string of the molecule is O=C(/C=C/c1ccc(-n2nnc3ccccc32)cc1)c1cc(Cl)ccc1O. The van der Waals surface area contributed by atoms with Gasteiger partial charge in [-0.15, -0.1) is 5.10 Å². The Kier molecular flexibility index (Phi) is 4.44. The van der Waals surface area contributed by atoms with Gasteiger partial charge in [-0.25, -0.2) is 4.68 Å². The smallest absolute Gasteiger partial charge is 0.189 e. The van der Waals surface area contributed by atoms with Crippen molar-refractivity contribution in [2.24, 2.45) is 0 Å². The van der Waals surface area contributed by atoms with Crippen molar-refractivity contribution >= 4 is 34.5 Å². The molecule has 0 saturated carbocycles. The Morgan fingerprint density at radius 1 is 1.04 bits per heavy atom. The lowest BCUT2D eigenvalue weighted by atomic mass is 10.1. The number of carbonyl (C=O) groups is 1. The average Bonchev–Trinajstić information content (AvgIpc) is 3.12. The Labute approximate surface area is 160 Å². The number of phenols is 1. The number of ketones is 1. The first-order valence-electron chi connectivity index (χ1n) is 8.23. The second-order valence-corrected chi connectivity index (χ2v) is 6.38. The molecule has 0 radical (unpaired) electrons. The maximum absolute atomic E-state index is 12.3. The van der Waals surface area contributed by atoms with Crippen LogP contribution in [-0.4, -0.2) is 25.9 Å². The number of hydrogen-bond donors (Lipinski definition) is 1. The molecule has 0 saturated heterocycles. The van der Waals surface area contributed by atoms with Crippen molar-refractivity contribution < 1.29 is 9.90 Å². The van der Waals surface area contributed by atoms with E-state index < -0.39 is 0 Å². The first kappa shape index (κ1) is 17.0. The second kappa shape index (κ2) is 7.05. The van der Waals surface area contributed by atoms with E-state index in [1.54, 1.807) is 10.8 Å². The van der Waals surface area contributed by atoms with Crippen molar-refractivity contribution in [3.8, 4) is 11.4 Å². The fourth-order valence-corrected chi connectivity index (χ4v) is 2.93. The molecule has 0 spiro atoms. The Bertz CT molecular complexity index is 1160. The first-order valence-corrected chi connectivity index (χ1v) is 8.61. The van der Waals surface area contributed by atoms with Crippen molar-refractivity contribution in [2.45, 2.75) is 0 Å². The summed E-state index contributed by atoms with van der Waals surface area (Å²) in [6.45, 7) is 0. The zero-order valence-electron chi connectivity index (χ0n) is 14.1. The molecule has 27 heavy (non-hydrogen) atoms. The van der Waals surface area contributed by atoms with Crippen LogP contribution in [0, 0.1) is 0 Å². The van der Waals surface area contributed by atoms with Gasteiger partial charge in [-0.2, -0.15) is 0 Å². The summed E-state index contributed by atoms with van der Waals surface area (Å²) < 4.78 is 1.76. The Morgan fingerprint density at radius 3 is 2.63 bits per heavy atom. The molecule has 132 valence electrons. The molecule has 0 unspecified atom stereocenters. The number of aromatic nitrogens is 3. The summed E-state index contributed by atoms with van der Waals surface area (Å²) in [7, 11) is 0. The normalized spacial score (nSPS) is 11.3. The van der Waals surface area contributed by atoms with Gasteiger partial charge in [0, 0.05) is 5.02 Å². The summed E-state index contributed by atoms with van der Waals surface area (Å²) in [5.74, 6) is -0.413. The highest BCUT2D eigenvalue weighted by molar-refractivity contribution is 6.31. The van der Waals surface area contributed by atoms with Crippen molar-refractivity contribution in [2.75, 3.05) is 0 Å². The number of nitrogens with zero attached hydrogens (tertiary/aromatic N) is 3. The number of carbonyl (C=O) groups excluding carboxylic acids is 1. The van der Waals surface area contributed by atoms with E-state index in [1.807, 2.05) is 48.5 Å². The van der Waals surface area contributed by atoms with Crippen LogP contribution in [-0.2, 0) is 0 Å². The predicted octanol–water partition coefficient (Wildman–Crippen LogP) is 4.68. The minimum atomic E-state index is -0.318. The number of benzene rings is 3. The molecule has 0 aliphatic heterocycles. The van der Waals surface area contributed by atoms with E-state index in [0.717, 1.165) is 22.3 Å². The third-order valence-corrected chi connectivity index (χ3v) is 4.38. The molecule has 3 aromatic carbocycles. The first-order chi connectivity index (χ1) is 13.1. The van der Waals surface area contributed by atoms with Gasteiger partial charge in [0.1, 0.15) is 11.3 Å². The van der Waals surface area contributed by atoms with Crippen LogP contribution < -0.4 is 0 Å². The number of hydrogen-bond acceptors (Lipinski definition) is 4. The number of rotatable bonds is 4. The molecule has 1 N–H and O–H groups in total. The zero-order chi connectivity index (χ0) is 18.8. The van der Waals surface area contributed by atoms with Gasteiger partial charge in [0.25, 0.3) is 0 Å². The molecule has 6 heteroatoms. The van der Waals surface area contributed by atoms with Crippen LogP contribution >= 0.6 is 11.6 Å². The Morgan fingerprint density at radius 2 is 1.81 bits per heavy atom. The van der Waals surface area contributed by atoms with Gasteiger partial charge in [-0.1, -0.05) is 47.2 Å². The van der Waals surface area contributed by atoms with Crippen LogP contribution in [0.4, 0.5) is 0 Å². The quantitative estimate of drug-likeness (QED) is 0.415. The topological polar surface area (TPSA) is 68.0 Å². The van der Waals surface area contributed by atoms with E-state index in [-0.39, 0.29) is 17.1 Å². The predicted molar refractivity (Wildman–Crippen MR) is 105 cm³/mol. The fraction of sp³-hybridized carbons (Fsp3) is 0. The molecule has 1 aromatic heterocycles. The summed E-state index contributed by atoms with van der Waals surface area (Å²) in [6, 6.07) is 19.7. The Hall–Kier alpha value is -3.44. The van der Waals surface area contributed by atoms with Crippen LogP contribution in [0.1, 0.15) is 15.9 Å². The highest BCUT2D eigenvalue weighted by atomic mass is 35.5. The maximum Gasteiger partial charge on any atom is 0.189 e. The van der Waals surface area contributed by atoms with Gasteiger partial charge in [-0.05, 0) is 54.1 Å². The fourth-order valence-electron chi connectivity index (χ4n) is 2.75. The molecule has 0 amide bonds. The van der Waals surface area contributed by atoms with Crippen molar-refractivity contribution in [1.29, 1.82) is 0 Å². The van der Waals surface area contributed by atoms with Gasteiger partial charge >= 0.3 is 0 Å². The molecular formula is C21H14ClN3O2. The van der Waals surface area contributed by atoms with E-state index >= 15 is 0 Å². The monoisotopic (exact) mass is 375 g/mol. The van der Waals surface area contributed by atoms with Crippen molar-refractivity contribution in [1.82, 2.24) is 15.0 Å².